The molecule has 0 aromatic heterocycles. The van der Waals surface area contributed by atoms with Gasteiger partial charge in [-0.15, -0.1) is 0 Å². The zero-order chi connectivity index (χ0) is 8.81. The van der Waals surface area contributed by atoms with Gasteiger partial charge in [-0.25, -0.2) is 0 Å². The molecule has 0 N–H and O–H groups in total. The Labute approximate surface area is 80.8 Å². The van der Waals surface area contributed by atoms with E-state index in [1.807, 2.05) is 0 Å². The molecule has 0 radical (unpaired) electrons. The Morgan fingerprint density at radius 2 is 1.83 bits per heavy atom. The van der Waals surface area contributed by atoms with Gasteiger partial charge in [-0.05, 0) is 0 Å². The van der Waals surface area contributed by atoms with Crippen molar-refractivity contribution in [2.24, 2.45) is 5.92 Å². The van der Waals surface area contributed by atoms with Crippen LogP contribution in [0.3, 0.4) is 0 Å². The van der Waals surface area contributed by atoms with Crippen molar-refractivity contribution in [2.45, 2.75) is 13.8 Å². The van der Waals surface area contributed by atoms with Gasteiger partial charge in [-0.2, -0.15) is 0 Å². The van der Waals surface area contributed by atoms with Crippen LogP contribution < -0.4 is 4.46 Å². The summed E-state index contributed by atoms with van der Waals surface area (Å²) in [4.78, 5) is 2.30. The van der Waals surface area contributed by atoms with Gasteiger partial charge < -0.3 is 0 Å². The molecule has 0 aliphatic carbocycles. The summed E-state index contributed by atoms with van der Waals surface area (Å²) in [5, 5.41) is 0. The molecule has 0 aliphatic heterocycles. The molecule has 0 fully saturated rings. The number of benzene rings is 1. The first-order valence-electron chi connectivity index (χ1n) is 4.17. The van der Waals surface area contributed by atoms with Crippen LogP contribution in [0.2, 0.25) is 0 Å². The third-order valence-electron chi connectivity index (χ3n) is 1.41. The van der Waals surface area contributed by atoms with Crippen LogP contribution in [0.25, 0.3) is 0 Å². The standard InChI is InChI=1S/C11H14Se/c1-10(2)8-9-12-11-6-4-3-5-7-11/h3-10H,1-2H3. The first kappa shape index (κ1) is 9.57. The van der Waals surface area contributed by atoms with Crippen molar-refractivity contribution in [2.75, 3.05) is 0 Å². The zero-order valence-electron chi connectivity index (χ0n) is 7.53. The minimum absolute atomic E-state index is 0.519. The van der Waals surface area contributed by atoms with Gasteiger partial charge in [0, 0.05) is 0 Å². The third-order valence-corrected chi connectivity index (χ3v) is 3.17. The fourth-order valence-corrected chi connectivity index (χ4v) is 2.59. The quantitative estimate of drug-likeness (QED) is 0.692. The summed E-state index contributed by atoms with van der Waals surface area (Å²) in [6, 6.07) is 10.6. The van der Waals surface area contributed by atoms with Crippen molar-refractivity contribution >= 4 is 19.4 Å². The van der Waals surface area contributed by atoms with Gasteiger partial charge in [0.25, 0.3) is 0 Å². The number of hydrogen-bond acceptors (Lipinski definition) is 0. The molecular weight excluding hydrogens is 211 g/mol. The average molecular weight is 225 g/mol. The number of rotatable bonds is 3. The second-order valence-corrected chi connectivity index (χ2v) is 5.06. The molecule has 12 heavy (non-hydrogen) atoms. The zero-order valence-corrected chi connectivity index (χ0v) is 9.24. The van der Waals surface area contributed by atoms with Crippen LogP contribution in [-0.2, 0) is 0 Å². The van der Waals surface area contributed by atoms with Crippen molar-refractivity contribution in [3.63, 3.8) is 0 Å². The van der Waals surface area contributed by atoms with E-state index in [0.717, 1.165) is 0 Å². The molecule has 0 nitrogen and oxygen atoms in total. The average Bonchev–Trinajstić information content (AvgIpc) is 2.05. The Hall–Kier alpha value is -0.521. The third kappa shape index (κ3) is 3.75. The predicted octanol–water partition coefficient (Wildman–Crippen LogP) is 2.19. The summed E-state index contributed by atoms with van der Waals surface area (Å²) in [6.45, 7) is 4.41. The molecular formula is C11H14Se. The van der Waals surface area contributed by atoms with Crippen LogP contribution in [0.5, 0.6) is 0 Å². The van der Waals surface area contributed by atoms with Crippen LogP contribution in [0.4, 0.5) is 0 Å². The molecule has 0 atom stereocenters. The van der Waals surface area contributed by atoms with E-state index in [1.54, 1.807) is 0 Å². The summed E-state index contributed by atoms with van der Waals surface area (Å²) in [5.74, 6) is 0.676. The summed E-state index contributed by atoms with van der Waals surface area (Å²) in [5.41, 5.74) is 0. The molecule has 0 amide bonds. The van der Waals surface area contributed by atoms with Crippen molar-refractivity contribution in [3.8, 4) is 0 Å². The van der Waals surface area contributed by atoms with Crippen molar-refractivity contribution in [1.82, 2.24) is 0 Å². The van der Waals surface area contributed by atoms with Gasteiger partial charge in [0.1, 0.15) is 0 Å². The number of allylic oxidation sites excluding steroid dienone is 1. The molecule has 1 heteroatoms. The van der Waals surface area contributed by atoms with Crippen LogP contribution in [0.15, 0.2) is 41.4 Å². The van der Waals surface area contributed by atoms with Crippen LogP contribution in [0, 0.1) is 5.92 Å². The van der Waals surface area contributed by atoms with Gasteiger partial charge in [0.2, 0.25) is 0 Å². The molecule has 0 bridgehead atoms. The molecule has 0 aliphatic rings. The molecule has 0 spiro atoms. The minimum atomic E-state index is 0.519. The van der Waals surface area contributed by atoms with E-state index in [2.05, 4.69) is 55.2 Å². The van der Waals surface area contributed by atoms with Gasteiger partial charge in [0.05, 0.1) is 0 Å². The van der Waals surface area contributed by atoms with E-state index < -0.39 is 0 Å². The van der Waals surface area contributed by atoms with Crippen LogP contribution in [-0.4, -0.2) is 15.0 Å². The molecule has 0 saturated carbocycles. The Balaban J connectivity index is 2.43. The summed E-state index contributed by atoms with van der Waals surface area (Å²) in [7, 11) is 0. The van der Waals surface area contributed by atoms with E-state index in [9.17, 15) is 0 Å². The van der Waals surface area contributed by atoms with Crippen molar-refractivity contribution in [1.29, 1.82) is 0 Å². The summed E-state index contributed by atoms with van der Waals surface area (Å²) >= 11 is 0.519. The molecule has 0 heterocycles. The maximum atomic E-state index is 2.30. The fourth-order valence-electron chi connectivity index (χ4n) is 0.774. The Bertz CT molecular complexity index is 236. The second-order valence-electron chi connectivity index (χ2n) is 3.00. The van der Waals surface area contributed by atoms with Gasteiger partial charge in [-0.3, -0.25) is 0 Å². The normalized spacial score (nSPS) is 11.2. The van der Waals surface area contributed by atoms with E-state index in [1.165, 1.54) is 4.46 Å². The maximum absolute atomic E-state index is 2.30. The topological polar surface area (TPSA) is 0 Å². The Kier molecular flexibility index (Phi) is 4.13. The second kappa shape index (κ2) is 5.18. The van der Waals surface area contributed by atoms with Crippen molar-refractivity contribution in [3.05, 3.63) is 41.4 Å². The van der Waals surface area contributed by atoms with Crippen LogP contribution in [0.1, 0.15) is 13.8 Å². The fraction of sp³-hybridized carbons (Fsp3) is 0.273. The SMILES string of the molecule is CC(C)C=C[Se]c1ccccc1. The predicted molar refractivity (Wildman–Crippen MR) is 55.8 cm³/mol. The Morgan fingerprint density at radius 1 is 1.17 bits per heavy atom. The van der Waals surface area contributed by atoms with E-state index in [0.29, 0.717) is 20.9 Å². The van der Waals surface area contributed by atoms with Gasteiger partial charge in [0.15, 0.2) is 0 Å². The molecule has 1 aromatic rings. The van der Waals surface area contributed by atoms with Crippen LogP contribution >= 0.6 is 0 Å². The van der Waals surface area contributed by atoms with E-state index in [-0.39, 0.29) is 0 Å². The molecule has 1 aromatic carbocycles. The van der Waals surface area contributed by atoms with Gasteiger partial charge >= 0.3 is 80.6 Å². The number of hydrogen-bond donors (Lipinski definition) is 0. The first-order chi connectivity index (χ1) is 5.79. The van der Waals surface area contributed by atoms with Gasteiger partial charge in [-0.1, -0.05) is 0 Å². The molecule has 1 rings (SSSR count). The molecule has 64 valence electrons. The van der Waals surface area contributed by atoms with E-state index >= 15 is 0 Å². The summed E-state index contributed by atoms with van der Waals surface area (Å²) < 4.78 is 1.45. The molecule has 0 saturated heterocycles. The summed E-state index contributed by atoms with van der Waals surface area (Å²) in [6.07, 6.45) is 2.27. The first-order valence-corrected chi connectivity index (χ1v) is 6.02. The molecule has 0 unspecified atom stereocenters. The van der Waals surface area contributed by atoms with E-state index in [4.69, 9.17) is 0 Å². The monoisotopic (exact) mass is 226 g/mol. The Morgan fingerprint density at radius 3 is 2.42 bits per heavy atom. The van der Waals surface area contributed by atoms with Crippen molar-refractivity contribution < 1.29 is 0 Å².